The highest BCUT2D eigenvalue weighted by molar-refractivity contribution is 7.99. The third-order valence-corrected chi connectivity index (χ3v) is 4.36. The number of benzene rings is 1. The molecular formula is C16H20O5S. The van der Waals surface area contributed by atoms with E-state index < -0.39 is 18.2 Å². The number of hydrogen-bond acceptors (Lipinski definition) is 6. The van der Waals surface area contributed by atoms with Crippen molar-refractivity contribution in [2.75, 3.05) is 0 Å². The summed E-state index contributed by atoms with van der Waals surface area (Å²) in [6, 6.07) is 9.86. The summed E-state index contributed by atoms with van der Waals surface area (Å²) in [6.45, 7) is 4.51. The van der Waals surface area contributed by atoms with Gasteiger partial charge in [0, 0.05) is 25.2 Å². The molecule has 0 unspecified atom stereocenters. The minimum Gasteiger partial charge on any atom is -0.458 e. The molecule has 0 aromatic heterocycles. The number of hydrogen-bond donors (Lipinski definition) is 0. The standard InChI is InChI=1S/C16H20O5S/c1-10-16(21-12(3)18)14(20-11(2)17)9-15(19-10)22-13-7-5-4-6-8-13/h4-8,10,14-16H,9H2,1-3H3/t10-,14-,15-,16+/m1/s1. The fraction of sp³-hybridized carbons (Fsp3) is 0.500. The molecule has 0 radical (unpaired) electrons. The molecule has 0 bridgehead atoms. The number of thioether (sulfide) groups is 1. The molecule has 1 aliphatic rings. The van der Waals surface area contributed by atoms with Crippen molar-refractivity contribution < 1.29 is 23.8 Å². The zero-order chi connectivity index (χ0) is 16.1. The van der Waals surface area contributed by atoms with E-state index in [1.165, 1.54) is 13.8 Å². The molecule has 22 heavy (non-hydrogen) atoms. The number of ether oxygens (including phenoxy) is 3. The number of carbonyl (C=O) groups is 2. The Balaban J connectivity index is 2.07. The van der Waals surface area contributed by atoms with Crippen molar-refractivity contribution in [2.24, 2.45) is 0 Å². The Hall–Kier alpha value is -1.53. The summed E-state index contributed by atoms with van der Waals surface area (Å²) < 4.78 is 16.5. The van der Waals surface area contributed by atoms with E-state index in [4.69, 9.17) is 14.2 Å². The van der Waals surface area contributed by atoms with Gasteiger partial charge in [-0.2, -0.15) is 0 Å². The van der Waals surface area contributed by atoms with Crippen LogP contribution in [-0.2, 0) is 23.8 Å². The van der Waals surface area contributed by atoms with Crippen molar-refractivity contribution in [2.45, 2.75) is 55.8 Å². The quantitative estimate of drug-likeness (QED) is 0.794. The van der Waals surface area contributed by atoms with Gasteiger partial charge in [-0.15, -0.1) is 0 Å². The first-order valence-electron chi connectivity index (χ1n) is 7.17. The van der Waals surface area contributed by atoms with Gasteiger partial charge in [0.15, 0.2) is 6.10 Å². The summed E-state index contributed by atoms with van der Waals surface area (Å²) in [5, 5.41) is 0. The summed E-state index contributed by atoms with van der Waals surface area (Å²) in [5.41, 5.74) is -0.159. The maximum absolute atomic E-state index is 11.3. The van der Waals surface area contributed by atoms with Crippen LogP contribution in [0.15, 0.2) is 35.2 Å². The van der Waals surface area contributed by atoms with Crippen molar-refractivity contribution in [3.05, 3.63) is 30.3 Å². The molecule has 6 heteroatoms. The first-order chi connectivity index (χ1) is 10.5. The average molecular weight is 324 g/mol. The third-order valence-electron chi connectivity index (χ3n) is 3.25. The lowest BCUT2D eigenvalue weighted by molar-refractivity contribution is -0.194. The maximum atomic E-state index is 11.3. The predicted octanol–water partition coefficient (Wildman–Crippen LogP) is 2.78. The molecule has 1 aromatic carbocycles. The van der Waals surface area contributed by atoms with E-state index in [1.807, 2.05) is 37.3 Å². The van der Waals surface area contributed by atoms with Crippen LogP contribution < -0.4 is 0 Å². The fourth-order valence-corrected chi connectivity index (χ4v) is 3.55. The van der Waals surface area contributed by atoms with Crippen LogP contribution in [0.5, 0.6) is 0 Å². The van der Waals surface area contributed by atoms with Crippen molar-refractivity contribution in [3.63, 3.8) is 0 Å². The first kappa shape index (κ1) is 16.8. The zero-order valence-corrected chi connectivity index (χ0v) is 13.7. The van der Waals surface area contributed by atoms with Crippen LogP contribution >= 0.6 is 11.8 Å². The van der Waals surface area contributed by atoms with E-state index in [0.29, 0.717) is 6.42 Å². The SMILES string of the molecule is CC(=O)O[C@H]1[C@@H](C)O[C@H](Sc2ccccc2)C[C@H]1OC(C)=O. The monoisotopic (exact) mass is 324 g/mol. The molecule has 0 N–H and O–H groups in total. The fourth-order valence-electron chi connectivity index (χ4n) is 2.42. The Kier molecular flexibility index (Phi) is 5.85. The minimum absolute atomic E-state index is 0.159. The van der Waals surface area contributed by atoms with E-state index in [-0.39, 0.29) is 17.5 Å². The van der Waals surface area contributed by atoms with Crippen LogP contribution in [-0.4, -0.2) is 35.7 Å². The summed E-state index contributed by atoms with van der Waals surface area (Å²) >= 11 is 1.57. The van der Waals surface area contributed by atoms with E-state index in [9.17, 15) is 9.59 Å². The predicted molar refractivity (Wildman–Crippen MR) is 82.4 cm³/mol. The lowest BCUT2D eigenvalue weighted by atomic mass is 10.0. The van der Waals surface area contributed by atoms with Crippen LogP contribution in [0.4, 0.5) is 0 Å². The highest BCUT2D eigenvalue weighted by atomic mass is 32.2. The number of rotatable bonds is 4. The third kappa shape index (κ3) is 4.74. The number of esters is 2. The summed E-state index contributed by atoms with van der Waals surface area (Å²) in [5.74, 6) is -0.800. The zero-order valence-electron chi connectivity index (χ0n) is 12.9. The molecule has 0 amide bonds. The van der Waals surface area contributed by atoms with Crippen molar-refractivity contribution in [1.82, 2.24) is 0 Å². The maximum Gasteiger partial charge on any atom is 0.303 e. The second kappa shape index (κ2) is 7.65. The van der Waals surface area contributed by atoms with Crippen LogP contribution in [0, 0.1) is 0 Å². The van der Waals surface area contributed by atoms with Crippen molar-refractivity contribution in [1.29, 1.82) is 0 Å². The molecule has 120 valence electrons. The second-order valence-electron chi connectivity index (χ2n) is 5.16. The van der Waals surface area contributed by atoms with Gasteiger partial charge in [-0.3, -0.25) is 9.59 Å². The van der Waals surface area contributed by atoms with Gasteiger partial charge in [-0.1, -0.05) is 30.0 Å². The van der Waals surface area contributed by atoms with E-state index >= 15 is 0 Å². The first-order valence-corrected chi connectivity index (χ1v) is 8.05. The van der Waals surface area contributed by atoms with Gasteiger partial charge in [0.2, 0.25) is 0 Å². The molecule has 0 aliphatic carbocycles. The molecule has 0 spiro atoms. The Bertz CT molecular complexity index is 519. The lowest BCUT2D eigenvalue weighted by Crippen LogP contribution is -2.49. The van der Waals surface area contributed by atoms with Gasteiger partial charge in [-0.25, -0.2) is 0 Å². The molecule has 5 nitrogen and oxygen atoms in total. The van der Waals surface area contributed by atoms with Gasteiger partial charge < -0.3 is 14.2 Å². The topological polar surface area (TPSA) is 61.8 Å². The molecule has 1 fully saturated rings. The molecular weight excluding hydrogens is 304 g/mol. The average Bonchev–Trinajstić information content (AvgIpc) is 2.43. The van der Waals surface area contributed by atoms with Crippen molar-refractivity contribution >= 4 is 23.7 Å². The number of carbonyl (C=O) groups excluding carboxylic acids is 2. The van der Waals surface area contributed by atoms with Gasteiger partial charge in [0.25, 0.3) is 0 Å². The van der Waals surface area contributed by atoms with Crippen LogP contribution in [0.3, 0.4) is 0 Å². The minimum atomic E-state index is -0.575. The Morgan fingerprint density at radius 1 is 1.14 bits per heavy atom. The van der Waals surface area contributed by atoms with E-state index in [0.717, 1.165) is 4.90 Å². The van der Waals surface area contributed by atoms with Gasteiger partial charge >= 0.3 is 11.9 Å². The van der Waals surface area contributed by atoms with Gasteiger partial charge in [0.05, 0.1) is 6.10 Å². The van der Waals surface area contributed by atoms with Crippen molar-refractivity contribution in [3.8, 4) is 0 Å². The van der Waals surface area contributed by atoms with Gasteiger partial charge in [0.1, 0.15) is 11.5 Å². The molecule has 1 saturated heterocycles. The molecule has 1 heterocycles. The summed E-state index contributed by atoms with van der Waals surface area (Å²) in [4.78, 5) is 23.6. The van der Waals surface area contributed by atoms with Crippen LogP contribution in [0.2, 0.25) is 0 Å². The second-order valence-corrected chi connectivity index (χ2v) is 6.39. The Labute approximate surface area is 134 Å². The molecule has 1 aliphatic heterocycles. The normalized spacial score (nSPS) is 28.0. The van der Waals surface area contributed by atoms with E-state index in [1.54, 1.807) is 11.8 Å². The molecule has 0 saturated carbocycles. The largest absolute Gasteiger partial charge is 0.458 e. The Morgan fingerprint density at radius 3 is 2.36 bits per heavy atom. The van der Waals surface area contributed by atoms with E-state index in [2.05, 4.69) is 0 Å². The molecule has 1 aromatic rings. The Morgan fingerprint density at radius 2 is 1.77 bits per heavy atom. The summed E-state index contributed by atoms with van der Waals surface area (Å²) in [7, 11) is 0. The van der Waals surface area contributed by atoms with Crippen LogP contribution in [0.25, 0.3) is 0 Å². The van der Waals surface area contributed by atoms with Gasteiger partial charge in [-0.05, 0) is 19.1 Å². The lowest BCUT2D eigenvalue weighted by Gasteiger charge is -2.38. The van der Waals surface area contributed by atoms with Crippen LogP contribution in [0.1, 0.15) is 27.2 Å². The highest BCUT2D eigenvalue weighted by Crippen LogP contribution is 2.34. The molecule has 2 rings (SSSR count). The molecule has 4 atom stereocenters. The highest BCUT2D eigenvalue weighted by Gasteiger charge is 2.41. The smallest absolute Gasteiger partial charge is 0.303 e. The summed E-state index contributed by atoms with van der Waals surface area (Å²) in [6.07, 6.45) is -0.940.